The van der Waals surface area contributed by atoms with Crippen molar-refractivity contribution >= 4 is 22.6 Å². The highest BCUT2D eigenvalue weighted by Crippen LogP contribution is 2.33. The standard InChI is InChI=1S/C29H30FN7O2/c1-17-11-20(25-5-6-26(39-2)35-34-25)13-22-27(17)32-16-33-28(22)36-9-7-18-3-4-19(12-21(18)14-36)29(38)37-10-8-24(31)23(30)15-37/h3-6,11-13,16,23-24H,7-10,14-15,31H2,1-2H3/t23-,24-/m0/s1. The molecule has 1 amide bonds. The van der Waals surface area contributed by atoms with Gasteiger partial charge in [0.15, 0.2) is 0 Å². The normalized spacial score (nSPS) is 19.2. The molecule has 2 atom stereocenters. The van der Waals surface area contributed by atoms with Crippen LogP contribution in [0.2, 0.25) is 0 Å². The van der Waals surface area contributed by atoms with Gasteiger partial charge in [-0.1, -0.05) is 6.07 Å². The van der Waals surface area contributed by atoms with Crippen molar-refractivity contribution in [1.29, 1.82) is 0 Å². The van der Waals surface area contributed by atoms with Crippen molar-refractivity contribution in [2.24, 2.45) is 5.73 Å². The third-order valence-corrected chi connectivity index (χ3v) is 7.70. The Bertz CT molecular complexity index is 1550. The van der Waals surface area contributed by atoms with Gasteiger partial charge in [0.25, 0.3) is 5.91 Å². The Labute approximate surface area is 225 Å². The summed E-state index contributed by atoms with van der Waals surface area (Å²) in [5, 5.41) is 9.36. The van der Waals surface area contributed by atoms with Crippen LogP contribution >= 0.6 is 0 Å². The van der Waals surface area contributed by atoms with Crippen LogP contribution < -0.4 is 15.4 Å². The Morgan fingerprint density at radius 1 is 1.08 bits per heavy atom. The molecule has 2 aliphatic rings. The Balaban J connectivity index is 1.31. The first kappa shape index (κ1) is 25.1. The number of nitrogens with zero attached hydrogens (tertiary/aromatic N) is 6. The van der Waals surface area contributed by atoms with Crippen LogP contribution in [0.4, 0.5) is 10.2 Å². The molecule has 0 aliphatic carbocycles. The second-order valence-electron chi connectivity index (χ2n) is 10.2. The molecule has 0 radical (unpaired) electrons. The first-order valence-electron chi connectivity index (χ1n) is 13.1. The lowest BCUT2D eigenvalue weighted by molar-refractivity contribution is 0.0604. The van der Waals surface area contributed by atoms with Crippen LogP contribution in [0.3, 0.4) is 0 Å². The zero-order chi connectivity index (χ0) is 27.1. The van der Waals surface area contributed by atoms with Crippen LogP contribution in [0, 0.1) is 6.92 Å². The van der Waals surface area contributed by atoms with Crippen molar-refractivity contribution in [3.63, 3.8) is 0 Å². The van der Waals surface area contributed by atoms with Gasteiger partial charge in [-0.15, -0.1) is 10.2 Å². The molecule has 4 heterocycles. The molecule has 39 heavy (non-hydrogen) atoms. The summed E-state index contributed by atoms with van der Waals surface area (Å²) in [6.07, 6.45) is 1.69. The summed E-state index contributed by atoms with van der Waals surface area (Å²) in [5.41, 5.74) is 12.2. The predicted octanol–water partition coefficient (Wildman–Crippen LogP) is 3.48. The Morgan fingerprint density at radius 3 is 2.72 bits per heavy atom. The van der Waals surface area contributed by atoms with Crippen LogP contribution in [0.15, 0.2) is 48.8 Å². The molecule has 0 bridgehead atoms. The summed E-state index contributed by atoms with van der Waals surface area (Å²) in [6, 6.07) is 13.1. The maximum Gasteiger partial charge on any atom is 0.253 e. The predicted molar refractivity (Wildman–Crippen MR) is 146 cm³/mol. The van der Waals surface area contributed by atoms with Gasteiger partial charge in [-0.3, -0.25) is 4.79 Å². The third kappa shape index (κ3) is 4.76. The summed E-state index contributed by atoms with van der Waals surface area (Å²) in [7, 11) is 1.56. The zero-order valence-corrected chi connectivity index (χ0v) is 22.0. The van der Waals surface area contributed by atoms with Gasteiger partial charge >= 0.3 is 0 Å². The maximum absolute atomic E-state index is 14.2. The van der Waals surface area contributed by atoms with Gasteiger partial charge in [0.2, 0.25) is 5.88 Å². The summed E-state index contributed by atoms with van der Waals surface area (Å²) in [5.74, 6) is 1.13. The fourth-order valence-corrected chi connectivity index (χ4v) is 5.48. The van der Waals surface area contributed by atoms with E-state index in [1.54, 1.807) is 24.4 Å². The molecule has 6 rings (SSSR count). The third-order valence-electron chi connectivity index (χ3n) is 7.70. The fraction of sp³-hybridized carbons (Fsp3) is 0.345. The number of hydrogen-bond acceptors (Lipinski definition) is 8. The molecule has 1 saturated heterocycles. The molecular weight excluding hydrogens is 497 g/mol. The molecule has 2 aromatic carbocycles. The lowest BCUT2D eigenvalue weighted by atomic mass is 9.95. The Morgan fingerprint density at radius 2 is 1.95 bits per heavy atom. The molecule has 10 heteroatoms. The van der Waals surface area contributed by atoms with Crippen LogP contribution in [0.5, 0.6) is 5.88 Å². The summed E-state index contributed by atoms with van der Waals surface area (Å²) in [4.78, 5) is 26.2. The zero-order valence-electron chi connectivity index (χ0n) is 22.0. The number of anilines is 1. The van der Waals surface area contributed by atoms with E-state index in [9.17, 15) is 9.18 Å². The molecule has 2 aromatic heterocycles. The van der Waals surface area contributed by atoms with Crippen LogP contribution in [0.1, 0.15) is 33.5 Å². The van der Waals surface area contributed by atoms with Crippen molar-refractivity contribution in [3.8, 4) is 17.1 Å². The van der Waals surface area contributed by atoms with E-state index in [2.05, 4.69) is 37.2 Å². The number of rotatable bonds is 4. The van der Waals surface area contributed by atoms with Crippen molar-refractivity contribution in [1.82, 2.24) is 25.1 Å². The van der Waals surface area contributed by atoms with Crippen molar-refractivity contribution in [2.75, 3.05) is 31.6 Å². The SMILES string of the molecule is COc1ccc(-c2cc(C)c3ncnc(N4CCc5ccc(C(=O)N6CC[C@H](N)[C@@H](F)C6)cc5C4)c3c2)nn1. The lowest BCUT2D eigenvalue weighted by Crippen LogP contribution is -2.50. The Kier molecular flexibility index (Phi) is 6.56. The number of carbonyl (C=O) groups is 1. The van der Waals surface area contributed by atoms with Gasteiger partial charge in [-0.05, 0) is 66.8 Å². The highest BCUT2D eigenvalue weighted by atomic mass is 19.1. The van der Waals surface area contributed by atoms with Crippen molar-refractivity contribution < 1.29 is 13.9 Å². The number of alkyl halides is 1. The molecule has 2 N–H and O–H groups in total. The number of methoxy groups -OCH3 is 1. The number of aryl methyl sites for hydroxylation is 1. The number of amides is 1. The first-order valence-corrected chi connectivity index (χ1v) is 13.1. The molecule has 0 unspecified atom stereocenters. The van der Waals surface area contributed by atoms with E-state index in [-0.39, 0.29) is 12.5 Å². The molecule has 2 aliphatic heterocycles. The number of ether oxygens (including phenoxy) is 1. The summed E-state index contributed by atoms with van der Waals surface area (Å²) >= 11 is 0. The highest BCUT2D eigenvalue weighted by molar-refractivity contribution is 5.96. The average Bonchev–Trinajstić information content (AvgIpc) is 2.97. The fourth-order valence-electron chi connectivity index (χ4n) is 5.48. The topological polar surface area (TPSA) is 110 Å². The van der Waals surface area contributed by atoms with Gasteiger partial charge in [-0.25, -0.2) is 14.4 Å². The molecular formula is C29H30FN7O2. The molecule has 0 spiro atoms. The number of likely N-dealkylation sites (tertiary alicyclic amines) is 1. The number of aromatic nitrogens is 4. The van der Waals surface area contributed by atoms with E-state index >= 15 is 0 Å². The molecule has 1 fully saturated rings. The average molecular weight is 528 g/mol. The van der Waals surface area contributed by atoms with Gasteiger partial charge in [0.05, 0.1) is 24.9 Å². The molecule has 9 nitrogen and oxygen atoms in total. The van der Waals surface area contributed by atoms with Crippen molar-refractivity contribution in [2.45, 2.75) is 38.5 Å². The number of fused-ring (bicyclic) bond motifs is 2. The first-order chi connectivity index (χ1) is 18.9. The minimum atomic E-state index is -1.20. The number of carbonyl (C=O) groups excluding carboxylic acids is 1. The number of hydrogen-bond donors (Lipinski definition) is 1. The van der Waals surface area contributed by atoms with Crippen LogP contribution in [-0.2, 0) is 13.0 Å². The van der Waals surface area contributed by atoms with Crippen LogP contribution in [0.25, 0.3) is 22.2 Å². The summed E-state index contributed by atoms with van der Waals surface area (Å²) in [6.45, 7) is 3.92. The minimum absolute atomic E-state index is 0.0381. The van der Waals surface area contributed by atoms with E-state index in [0.717, 1.165) is 52.1 Å². The van der Waals surface area contributed by atoms with E-state index < -0.39 is 12.2 Å². The van der Waals surface area contributed by atoms with E-state index in [0.29, 0.717) is 31.0 Å². The summed E-state index contributed by atoms with van der Waals surface area (Å²) < 4.78 is 19.3. The van der Waals surface area contributed by atoms with Gasteiger partial charge < -0.3 is 20.3 Å². The van der Waals surface area contributed by atoms with Gasteiger partial charge in [0.1, 0.15) is 18.3 Å². The lowest BCUT2D eigenvalue weighted by Gasteiger charge is -2.34. The number of halogens is 1. The smallest absolute Gasteiger partial charge is 0.253 e. The number of nitrogens with two attached hydrogens (primary N) is 1. The molecule has 4 aromatic rings. The van der Waals surface area contributed by atoms with Crippen LogP contribution in [-0.4, -0.2) is 69.9 Å². The van der Waals surface area contributed by atoms with E-state index in [1.807, 2.05) is 31.2 Å². The molecule has 200 valence electrons. The van der Waals surface area contributed by atoms with Gasteiger partial charge in [-0.2, -0.15) is 0 Å². The monoisotopic (exact) mass is 527 g/mol. The van der Waals surface area contributed by atoms with E-state index in [4.69, 9.17) is 10.5 Å². The largest absolute Gasteiger partial charge is 0.480 e. The maximum atomic E-state index is 14.2. The highest BCUT2D eigenvalue weighted by Gasteiger charge is 2.30. The second kappa shape index (κ2) is 10.2. The number of benzene rings is 2. The van der Waals surface area contributed by atoms with Crippen molar-refractivity contribution in [3.05, 3.63) is 71.0 Å². The minimum Gasteiger partial charge on any atom is -0.480 e. The van der Waals surface area contributed by atoms with E-state index in [1.165, 1.54) is 5.56 Å². The quantitative estimate of drug-likeness (QED) is 0.430. The second-order valence-corrected chi connectivity index (χ2v) is 10.2. The Hall–Kier alpha value is -4.18. The molecule has 0 saturated carbocycles. The van der Waals surface area contributed by atoms with Gasteiger partial charge in [0, 0.05) is 48.3 Å². The number of piperidine rings is 1.